The van der Waals surface area contributed by atoms with Crippen LogP contribution in [0.2, 0.25) is 5.02 Å². The van der Waals surface area contributed by atoms with Gasteiger partial charge in [-0.2, -0.15) is 0 Å². The van der Waals surface area contributed by atoms with E-state index in [2.05, 4.69) is 6.07 Å². The lowest BCUT2D eigenvalue weighted by molar-refractivity contribution is 0.389. The first-order valence-electron chi connectivity index (χ1n) is 6.05. The van der Waals surface area contributed by atoms with Crippen LogP contribution in [-0.2, 0) is 0 Å². The first-order chi connectivity index (χ1) is 8.22. The van der Waals surface area contributed by atoms with Crippen molar-refractivity contribution < 1.29 is 4.42 Å². The lowest BCUT2D eigenvalue weighted by atomic mass is 9.87. The van der Waals surface area contributed by atoms with Crippen LogP contribution < -0.4 is 0 Å². The number of rotatable bonds is 1. The van der Waals surface area contributed by atoms with Crippen LogP contribution in [-0.4, -0.2) is 5.38 Å². The summed E-state index contributed by atoms with van der Waals surface area (Å²) in [4.78, 5) is 0. The zero-order valence-corrected chi connectivity index (χ0v) is 11.0. The third-order valence-corrected chi connectivity index (χ3v) is 4.14. The second-order valence-corrected chi connectivity index (χ2v) is 5.85. The molecule has 0 radical (unpaired) electrons. The molecule has 90 valence electrons. The number of hydrogen-bond donors (Lipinski definition) is 0. The fourth-order valence-corrected chi connectivity index (χ4v) is 3.17. The first-order valence-corrected chi connectivity index (χ1v) is 6.87. The van der Waals surface area contributed by atoms with Crippen molar-refractivity contribution in [2.24, 2.45) is 0 Å². The van der Waals surface area contributed by atoms with Gasteiger partial charge in [0.2, 0.25) is 0 Å². The summed E-state index contributed by atoms with van der Waals surface area (Å²) in [5, 5.41) is 2.14. The highest BCUT2D eigenvalue weighted by Gasteiger charge is 2.24. The molecule has 0 amide bonds. The van der Waals surface area contributed by atoms with Crippen LogP contribution in [0, 0.1) is 0 Å². The van der Waals surface area contributed by atoms with E-state index in [-0.39, 0.29) is 0 Å². The zero-order chi connectivity index (χ0) is 11.8. The SMILES string of the molecule is Clc1ccc2oc(C3CCCC(Cl)C3)cc2c1. The molecule has 1 fully saturated rings. The molecule has 0 bridgehead atoms. The molecule has 0 saturated heterocycles. The van der Waals surface area contributed by atoms with Gasteiger partial charge >= 0.3 is 0 Å². The van der Waals surface area contributed by atoms with Crippen LogP contribution in [0.25, 0.3) is 11.0 Å². The maximum Gasteiger partial charge on any atom is 0.134 e. The number of hydrogen-bond acceptors (Lipinski definition) is 1. The quantitative estimate of drug-likeness (QED) is 0.636. The molecule has 1 nitrogen and oxygen atoms in total. The second kappa shape index (κ2) is 4.55. The third kappa shape index (κ3) is 2.31. The minimum Gasteiger partial charge on any atom is -0.461 e. The molecule has 0 N–H and O–H groups in total. The van der Waals surface area contributed by atoms with E-state index < -0.39 is 0 Å². The minimum absolute atomic E-state index is 0.297. The van der Waals surface area contributed by atoms with Gasteiger partial charge in [0.15, 0.2) is 0 Å². The standard InChI is InChI=1S/C14H14Cl2O/c15-11-3-1-2-9(6-11)14-8-10-7-12(16)4-5-13(10)17-14/h4-5,7-9,11H,1-3,6H2. The van der Waals surface area contributed by atoms with Crippen molar-refractivity contribution in [1.29, 1.82) is 0 Å². The van der Waals surface area contributed by atoms with E-state index in [0.29, 0.717) is 11.3 Å². The smallest absolute Gasteiger partial charge is 0.134 e. The summed E-state index contributed by atoms with van der Waals surface area (Å²) in [5.41, 5.74) is 0.918. The fourth-order valence-electron chi connectivity index (χ4n) is 2.62. The Hall–Kier alpha value is -0.660. The van der Waals surface area contributed by atoms with Crippen LogP contribution in [0.5, 0.6) is 0 Å². The van der Waals surface area contributed by atoms with Gasteiger partial charge in [0, 0.05) is 21.7 Å². The van der Waals surface area contributed by atoms with E-state index in [1.807, 2.05) is 18.2 Å². The predicted molar refractivity (Wildman–Crippen MR) is 72.1 cm³/mol. The molecule has 3 rings (SSSR count). The molecule has 2 aromatic rings. The lowest BCUT2D eigenvalue weighted by Gasteiger charge is -2.23. The van der Waals surface area contributed by atoms with E-state index in [0.717, 1.165) is 34.6 Å². The predicted octanol–water partition coefficient (Wildman–Crippen LogP) is 5.35. The summed E-state index contributed by atoms with van der Waals surface area (Å²) >= 11 is 12.2. The number of alkyl halides is 1. The van der Waals surface area contributed by atoms with Gasteiger partial charge < -0.3 is 4.42 Å². The van der Waals surface area contributed by atoms with E-state index in [1.165, 1.54) is 12.8 Å². The molecule has 1 aliphatic rings. The van der Waals surface area contributed by atoms with E-state index in [9.17, 15) is 0 Å². The number of halogens is 2. The Morgan fingerprint density at radius 3 is 2.88 bits per heavy atom. The molecule has 3 heteroatoms. The minimum atomic E-state index is 0.297. The Morgan fingerprint density at radius 2 is 2.06 bits per heavy atom. The zero-order valence-electron chi connectivity index (χ0n) is 9.46. The van der Waals surface area contributed by atoms with Crippen molar-refractivity contribution in [3.63, 3.8) is 0 Å². The van der Waals surface area contributed by atoms with Gasteiger partial charge in [0.1, 0.15) is 11.3 Å². The van der Waals surface area contributed by atoms with Crippen LogP contribution in [0.4, 0.5) is 0 Å². The van der Waals surface area contributed by atoms with E-state index in [4.69, 9.17) is 27.6 Å². The maximum absolute atomic E-state index is 6.22. The van der Waals surface area contributed by atoms with Crippen molar-refractivity contribution in [2.45, 2.75) is 37.0 Å². The molecule has 17 heavy (non-hydrogen) atoms. The highest BCUT2D eigenvalue weighted by molar-refractivity contribution is 6.31. The second-order valence-electron chi connectivity index (χ2n) is 4.79. The molecule has 1 heterocycles. The van der Waals surface area contributed by atoms with Crippen molar-refractivity contribution in [1.82, 2.24) is 0 Å². The van der Waals surface area contributed by atoms with Crippen LogP contribution in [0.1, 0.15) is 37.4 Å². The van der Waals surface area contributed by atoms with Gasteiger partial charge in [-0.15, -0.1) is 11.6 Å². The lowest BCUT2D eigenvalue weighted by Crippen LogP contribution is -2.13. The molecule has 1 aromatic heterocycles. The highest BCUT2D eigenvalue weighted by atomic mass is 35.5. The van der Waals surface area contributed by atoms with Crippen LogP contribution >= 0.6 is 23.2 Å². The van der Waals surface area contributed by atoms with E-state index >= 15 is 0 Å². The molecule has 0 aliphatic heterocycles. The average molecular weight is 269 g/mol. The van der Waals surface area contributed by atoms with Gasteiger partial charge in [0.25, 0.3) is 0 Å². The summed E-state index contributed by atoms with van der Waals surface area (Å²) in [6.45, 7) is 0. The molecule has 2 unspecified atom stereocenters. The monoisotopic (exact) mass is 268 g/mol. The molecular formula is C14H14Cl2O. The highest BCUT2D eigenvalue weighted by Crippen LogP contribution is 2.37. The van der Waals surface area contributed by atoms with Gasteiger partial charge in [0.05, 0.1) is 0 Å². The maximum atomic E-state index is 6.22. The largest absolute Gasteiger partial charge is 0.461 e. The number of furan rings is 1. The fraction of sp³-hybridized carbons (Fsp3) is 0.429. The van der Waals surface area contributed by atoms with Crippen molar-refractivity contribution in [3.05, 3.63) is 35.0 Å². The van der Waals surface area contributed by atoms with Crippen molar-refractivity contribution in [2.75, 3.05) is 0 Å². The molecule has 1 saturated carbocycles. The summed E-state index contributed by atoms with van der Waals surface area (Å²) in [6.07, 6.45) is 4.52. The van der Waals surface area contributed by atoms with E-state index in [1.54, 1.807) is 0 Å². The Labute approximate surface area is 111 Å². The van der Waals surface area contributed by atoms with Crippen molar-refractivity contribution >= 4 is 34.2 Å². The van der Waals surface area contributed by atoms with Crippen molar-refractivity contribution in [3.8, 4) is 0 Å². The normalized spacial score (nSPS) is 25.3. The molecule has 1 aromatic carbocycles. The topological polar surface area (TPSA) is 13.1 Å². The van der Waals surface area contributed by atoms with Gasteiger partial charge in [-0.05, 0) is 43.5 Å². The summed E-state index contributed by atoms with van der Waals surface area (Å²) in [5.74, 6) is 1.53. The first kappa shape index (κ1) is 11.4. The molecular weight excluding hydrogens is 255 g/mol. The van der Waals surface area contributed by atoms with Gasteiger partial charge in [-0.1, -0.05) is 18.0 Å². The van der Waals surface area contributed by atoms with Crippen LogP contribution in [0.3, 0.4) is 0 Å². The summed E-state index contributed by atoms with van der Waals surface area (Å²) in [7, 11) is 0. The molecule has 1 aliphatic carbocycles. The van der Waals surface area contributed by atoms with Gasteiger partial charge in [-0.3, -0.25) is 0 Å². The Morgan fingerprint density at radius 1 is 1.18 bits per heavy atom. The Bertz CT molecular complexity index is 532. The van der Waals surface area contributed by atoms with Gasteiger partial charge in [-0.25, -0.2) is 0 Å². The average Bonchev–Trinajstić information content (AvgIpc) is 2.72. The summed E-state index contributed by atoms with van der Waals surface area (Å²) in [6, 6.07) is 7.86. The number of benzene rings is 1. The Kier molecular flexibility index (Phi) is 3.06. The third-order valence-electron chi connectivity index (χ3n) is 3.51. The number of fused-ring (bicyclic) bond motifs is 1. The molecule has 2 atom stereocenters. The molecule has 0 spiro atoms. The summed E-state index contributed by atoms with van der Waals surface area (Å²) < 4.78 is 5.89. The van der Waals surface area contributed by atoms with Crippen LogP contribution in [0.15, 0.2) is 28.7 Å². The Balaban J connectivity index is 1.94.